The zero-order valence-electron chi connectivity index (χ0n) is 9.59. The highest BCUT2D eigenvalue weighted by atomic mass is 79.9. The van der Waals surface area contributed by atoms with Crippen molar-refractivity contribution in [2.24, 2.45) is 0 Å². The lowest BCUT2D eigenvalue weighted by molar-refractivity contribution is 0.345. The van der Waals surface area contributed by atoms with Crippen molar-refractivity contribution >= 4 is 26.8 Å². The summed E-state index contributed by atoms with van der Waals surface area (Å²) in [5.41, 5.74) is 4.31. The van der Waals surface area contributed by atoms with E-state index < -0.39 is 0 Å². The van der Waals surface area contributed by atoms with Crippen LogP contribution in [0.5, 0.6) is 0 Å². The number of halogens is 1. The fourth-order valence-corrected chi connectivity index (χ4v) is 4.04. The van der Waals surface area contributed by atoms with Crippen LogP contribution >= 0.6 is 15.9 Å². The lowest BCUT2D eigenvalue weighted by Gasteiger charge is -2.36. The van der Waals surface area contributed by atoms with Crippen LogP contribution in [-0.4, -0.2) is 17.6 Å². The molecule has 0 saturated carbocycles. The smallest absolute Gasteiger partial charge is 0.0471 e. The van der Waals surface area contributed by atoms with Crippen LogP contribution in [0.3, 0.4) is 0 Å². The van der Waals surface area contributed by atoms with Gasteiger partial charge < -0.3 is 10.3 Å². The summed E-state index contributed by atoms with van der Waals surface area (Å²) in [4.78, 5) is 3.41. The maximum Gasteiger partial charge on any atom is 0.0471 e. The zero-order chi connectivity index (χ0) is 11.4. The Kier molecular flexibility index (Phi) is 2.15. The molecule has 0 bridgehead atoms. The van der Waals surface area contributed by atoms with E-state index in [4.69, 9.17) is 0 Å². The van der Waals surface area contributed by atoms with Gasteiger partial charge in [-0.25, -0.2) is 0 Å². The minimum atomic E-state index is 0.643. The third-order valence-electron chi connectivity index (χ3n) is 4.28. The Hall–Kier alpha value is -0.800. The molecule has 3 heteroatoms. The molecule has 17 heavy (non-hydrogen) atoms. The number of piperidine rings is 1. The van der Waals surface area contributed by atoms with Crippen molar-refractivity contribution in [3.05, 3.63) is 33.9 Å². The first-order chi connectivity index (χ1) is 8.33. The minimum Gasteiger partial charge on any atom is -0.361 e. The Balaban J connectivity index is 1.99. The second kappa shape index (κ2) is 3.59. The predicted molar refractivity (Wildman–Crippen MR) is 73.5 cm³/mol. The van der Waals surface area contributed by atoms with Gasteiger partial charge in [-0.05, 0) is 49.1 Å². The first kappa shape index (κ1) is 10.2. The number of benzene rings is 1. The monoisotopic (exact) mass is 290 g/mol. The van der Waals surface area contributed by atoms with Gasteiger partial charge in [0.25, 0.3) is 0 Å². The summed E-state index contributed by atoms with van der Waals surface area (Å²) in [6, 6.07) is 5.16. The number of H-pyrrole nitrogens is 1. The van der Waals surface area contributed by atoms with E-state index >= 15 is 0 Å². The van der Waals surface area contributed by atoms with Gasteiger partial charge in [0.2, 0.25) is 0 Å². The Labute approximate surface area is 109 Å². The molecule has 0 radical (unpaired) electrons. The molecule has 2 aromatic rings. The van der Waals surface area contributed by atoms with Crippen molar-refractivity contribution < 1.29 is 0 Å². The maximum atomic E-state index is 3.68. The van der Waals surface area contributed by atoms with E-state index in [0.717, 1.165) is 0 Å². The molecule has 1 aliphatic carbocycles. The molecule has 0 amide bonds. The van der Waals surface area contributed by atoms with Gasteiger partial charge in [0, 0.05) is 33.5 Å². The lowest BCUT2D eigenvalue weighted by Crippen LogP contribution is -2.43. The number of nitrogens with one attached hydrogen (secondary N) is 2. The summed E-state index contributed by atoms with van der Waals surface area (Å²) in [6.45, 7) is 1.18. The third-order valence-corrected chi connectivity index (χ3v) is 4.74. The standard InChI is InChI=1S/C14H15BrN2/c15-9-5-11-10-2-1-3-16-12(10)4-8-7-17-13(6-9)14(8)11/h5-7,10,12,16-17H,1-4H2/t10-,12-/m1/s1. The van der Waals surface area contributed by atoms with Crippen LogP contribution < -0.4 is 5.32 Å². The Morgan fingerprint density at radius 1 is 1.29 bits per heavy atom. The summed E-state index contributed by atoms with van der Waals surface area (Å²) in [6.07, 6.45) is 6.00. The molecular formula is C14H15BrN2. The van der Waals surface area contributed by atoms with Crippen molar-refractivity contribution in [2.45, 2.75) is 31.2 Å². The largest absolute Gasteiger partial charge is 0.361 e. The van der Waals surface area contributed by atoms with E-state index in [0.29, 0.717) is 12.0 Å². The van der Waals surface area contributed by atoms with E-state index in [2.05, 4.69) is 44.6 Å². The van der Waals surface area contributed by atoms with Gasteiger partial charge in [0.05, 0.1) is 0 Å². The topological polar surface area (TPSA) is 27.8 Å². The van der Waals surface area contributed by atoms with E-state index in [9.17, 15) is 0 Å². The van der Waals surface area contributed by atoms with Crippen molar-refractivity contribution in [1.29, 1.82) is 0 Å². The number of aromatic nitrogens is 1. The molecule has 4 rings (SSSR count). The van der Waals surface area contributed by atoms with Crippen LogP contribution in [0.25, 0.3) is 10.9 Å². The SMILES string of the molecule is Brc1cc2c3c(c[nH]c3c1)C[C@H]1NCCC[C@H]21. The number of aromatic amines is 1. The predicted octanol–water partition coefficient (Wildman–Crippen LogP) is 3.32. The molecular weight excluding hydrogens is 276 g/mol. The summed E-state index contributed by atoms with van der Waals surface area (Å²) < 4.78 is 1.19. The highest BCUT2D eigenvalue weighted by molar-refractivity contribution is 9.10. The second-order valence-corrected chi connectivity index (χ2v) is 6.16. The van der Waals surface area contributed by atoms with Crippen LogP contribution in [0, 0.1) is 0 Å². The van der Waals surface area contributed by atoms with Gasteiger partial charge in [-0.1, -0.05) is 15.9 Å². The fraction of sp³-hybridized carbons (Fsp3) is 0.429. The van der Waals surface area contributed by atoms with Crippen LogP contribution in [0.4, 0.5) is 0 Å². The number of fused-ring (bicyclic) bond motifs is 2. The molecule has 2 nitrogen and oxygen atoms in total. The highest BCUT2D eigenvalue weighted by Crippen LogP contribution is 2.41. The van der Waals surface area contributed by atoms with E-state index in [-0.39, 0.29) is 0 Å². The van der Waals surface area contributed by atoms with Crippen molar-refractivity contribution in [3.8, 4) is 0 Å². The molecule has 0 unspecified atom stereocenters. The number of hydrogen-bond donors (Lipinski definition) is 2. The van der Waals surface area contributed by atoms with Crippen molar-refractivity contribution in [3.63, 3.8) is 0 Å². The third kappa shape index (κ3) is 1.42. The van der Waals surface area contributed by atoms with E-state index in [1.165, 1.54) is 52.3 Å². The molecule has 88 valence electrons. The van der Waals surface area contributed by atoms with Gasteiger partial charge in [0.1, 0.15) is 0 Å². The Bertz CT molecular complexity index is 587. The molecule has 1 aliphatic heterocycles. The first-order valence-electron chi connectivity index (χ1n) is 6.36. The molecule has 0 spiro atoms. The van der Waals surface area contributed by atoms with Crippen LogP contribution in [-0.2, 0) is 6.42 Å². The van der Waals surface area contributed by atoms with Crippen molar-refractivity contribution in [1.82, 2.24) is 10.3 Å². The van der Waals surface area contributed by atoms with Crippen molar-refractivity contribution in [2.75, 3.05) is 6.54 Å². The first-order valence-corrected chi connectivity index (χ1v) is 7.15. The summed E-state index contributed by atoms with van der Waals surface area (Å²) in [5.74, 6) is 0.701. The minimum absolute atomic E-state index is 0.643. The molecule has 2 aliphatic rings. The highest BCUT2D eigenvalue weighted by Gasteiger charge is 2.32. The normalized spacial score (nSPS) is 27.1. The Morgan fingerprint density at radius 2 is 2.24 bits per heavy atom. The zero-order valence-corrected chi connectivity index (χ0v) is 11.2. The van der Waals surface area contributed by atoms with Gasteiger partial charge in [-0.2, -0.15) is 0 Å². The summed E-state index contributed by atoms with van der Waals surface area (Å²) in [5, 5.41) is 5.17. The molecule has 1 fully saturated rings. The number of hydrogen-bond acceptors (Lipinski definition) is 1. The van der Waals surface area contributed by atoms with Crippen LogP contribution in [0.2, 0.25) is 0 Å². The summed E-state index contributed by atoms with van der Waals surface area (Å²) >= 11 is 3.63. The van der Waals surface area contributed by atoms with Gasteiger partial charge in [-0.3, -0.25) is 0 Å². The van der Waals surface area contributed by atoms with E-state index in [1.807, 2.05) is 0 Å². The molecule has 2 heterocycles. The average Bonchev–Trinajstić information content (AvgIpc) is 2.73. The summed E-state index contributed by atoms with van der Waals surface area (Å²) in [7, 11) is 0. The fourth-order valence-electron chi connectivity index (χ4n) is 3.57. The Morgan fingerprint density at radius 3 is 3.18 bits per heavy atom. The molecule has 2 N–H and O–H groups in total. The number of rotatable bonds is 0. The van der Waals surface area contributed by atoms with Gasteiger partial charge in [-0.15, -0.1) is 0 Å². The molecule has 1 saturated heterocycles. The molecule has 2 atom stereocenters. The average molecular weight is 291 g/mol. The van der Waals surface area contributed by atoms with Gasteiger partial charge >= 0.3 is 0 Å². The molecule has 1 aromatic heterocycles. The lowest BCUT2D eigenvalue weighted by atomic mass is 9.76. The van der Waals surface area contributed by atoms with E-state index in [1.54, 1.807) is 0 Å². The van der Waals surface area contributed by atoms with Gasteiger partial charge in [0.15, 0.2) is 0 Å². The van der Waals surface area contributed by atoms with Crippen LogP contribution in [0.1, 0.15) is 29.9 Å². The maximum absolute atomic E-state index is 3.68. The quantitative estimate of drug-likeness (QED) is 0.765. The van der Waals surface area contributed by atoms with Crippen LogP contribution in [0.15, 0.2) is 22.8 Å². The molecule has 1 aromatic carbocycles. The second-order valence-electron chi connectivity index (χ2n) is 5.24.